The lowest BCUT2D eigenvalue weighted by Gasteiger charge is -2.12. The normalized spacial score (nSPS) is 11.4. The molecule has 0 aliphatic rings. The SMILES string of the molecule is Cl.O=C(Cc1cccc(Cl)n1)Nc1ccc(CCNC[C@H](O)c2ccccc2)cc1. The molecule has 0 aliphatic carbocycles. The zero-order valence-corrected chi connectivity index (χ0v) is 18.0. The topological polar surface area (TPSA) is 74.2 Å². The fourth-order valence-corrected chi connectivity index (χ4v) is 3.12. The van der Waals surface area contributed by atoms with Crippen LogP contribution in [0.1, 0.15) is 22.9 Å². The van der Waals surface area contributed by atoms with Crippen LogP contribution in [0.5, 0.6) is 0 Å². The summed E-state index contributed by atoms with van der Waals surface area (Å²) in [6, 6.07) is 22.6. The van der Waals surface area contributed by atoms with Crippen LogP contribution in [0.4, 0.5) is 5.69 Å². The van der Waals surface area contributed by atoms with Gasteiger partial charge in [-0.15, -0.1) is 12.4 Å². The standard InChI is InChI=1S/C23H24ClN3O2.ClH/c24-22-8-4-7-20(26-22)15-23(29)27-19-11-9-17(10-12-19)13-14-25-16-21(28)18-5-2-1-3-6-18;/h1-12,21,25,28H,13-16H2,(H,27,29);1H/t21-;/m0./s1. The van der Waals surface area contributed by atoms with Crippen LogP contribution in [-0.2, 0) is 17.6 Å². The van der Waals surface area contributed by atoms with Gasteiger partial charge in [0.25, 0.3) is 0 Å². The highest BCUT2D eigenvalue weighted by Gasteiger charge is 2.07. The van der Waals surface area contributed by atoms with Crippen molar-refractivity contribution in [3.8, 4) is 0 Å². The number of nitrogens with one attached hydrogen (secondary N) is 2. The molecule has 3 N–H and O–H groups in total. The predicted molar refractivity (Wildman–Crippen MR) is 123 cm³/mol. The number of hydrogen-bond donors (Lipinski definition) is 3. The highest BCUT2D eigenvalue weighted by Crippen LogP contribution is 2.13. The number of nitrogens with zero attached hydrogens (tertiary/aromatic N) is 1. The van der Waals surface area contributed by atoms with Crippen LogP contribution >= 0.6 is 24.0 Å². The van der Waals surface area contributed by atoms with E-state index >= 15 is 0 Å². The molecule has 0 aliphatic heterocycles. The fraction of sp³-hybridized carbons (Fsp3) is 0.217. The van der Waals surface area contributed by atoms with Crippen LogP contribution in [0.15, 0.2) is 72.8 Å². The maximum atomic E-state index is 12.1. The highest BCUT2D eigenvalue weighted by molar-refractivity contribution is 6.29. The van der Waals surface area contributed by atoms with E-state index in [1.165, 1.54) is 0 Å². The van der Waals surface area contributed by atoms with Gasteiger partial charge in [-0.1, -0.05) is 60.1 Å². The number of aliphatic hydroxyl groups excluding tert-OH is 1. The molecule has 7 heteroatoms. The fourth-order valence-electron chi connectivity index (χ4n) is 2.94. The van der Waals surface area contributed by atoms with Gasteiger partial charge in [-0.3, -0.25) is 4.79 Å². The van der Waals surface area contributed by atoms with Gasteiger partial charge >= 0.3 is 0 Å². The van der Waals surface area contributed by atoms with Crippen molar-refractivity contribution in [2.45, 2.75) is 18.9 Å². The zero-order chi connectivity index (χ0) is 20.5. The first-order valence-corrected chi connectivity index (χ1v) is 9.92. The molecule has 1 amide bonds. The van der Waals surface area contributed by atoms with Crippen LogP contribution in [-0.4, -0.2) is 29.1 Å². The van der Waals surface area contributed by atoms with Gasteiger partial charge in [0.2, 0.25) is 5.91 Å². The third-order valence-electron chi connectivity index (χ3n) is 4.46. The van der Waals surface area contributed by atoms with Crippen LogP contribution in [0, 0.1) is 0 Å². The molecule has 0 spiro atoms. The summed E-state index contributed by atoms with van der Waals surface area (Å²) in [7, 11) is 0. The van der Waals surface area contributed by atoms with Crippen molar-refractivity contribution < 1.29 is 9.90 Å². The van der Waals surface area contributed by atoms with Crippen molar-refractivity contribution in [2.75, 3.05) is 18.4 Å². The third-order valence-corrected chi connectivity index (χ3v) is 4.68. The van der Waals surface area contributed by atoms with E-state index in [2.05, 4.69) is 15.6 Å². The molecule has 0 unspecified atom stereocenters. The number of amides is 1. The lowest BCUT2D eigenvalue weighted by atomic mass is 10.1. The summed E-state index contributed by atoms with van der Waals surface area (Å²) >= 11 is 5.84. The Balaban J connectivity index is 0.00000320. The summed E-state index contributed by atoms with van der Waals surface area (Å²) in [5.74, 6) is -0.135. The monoisotopic (exact) mass is 445 g/mol. The van der Waals surface area contributed by atoms with E-state index in [0.717, 1.165) is 29.8 Å². The number of aromatic nitrogens is 1. The number of hydrogen-bond acceptors (Lipinski definition) is 4. The van der Waals surface area contributed by atoms with Crippen LogP contribution in [0.2, 0.25) is 5.15 Å². The molecule has 0 saturated carbocycles. The molecule has 3 aromatic rings. The van der Waals surface area contributed by atoms with Gasteiger partial charge < -0.3 is 15.7 Å². The minimum absolute atomic E-state index is 0. The maximum absolute atomic E-state index is 12.1. The number of halogens is 2. The quantitative estimate of drug-likeness (QED) is 0.340. The van der Waals surface area contributed by atoms with Crippen molar-refractivity contribution in [3.05, 3.63) is 94.8 Å². The predicted octanol–water partition coefficient (Wildman–Crippen LogP) is 4.20. The summed E-state index contributed by atoms with van der Waals surface area (Å²) in [5.41, 5.74) is 3.44. The van der Waals surface area contributed by atoms with Crippen molar-refractivity contribution >= 4 is 35.6 Å². The second-order valence-electron chi connectivity index (χ2n) is 6.75. The Morgan fingerprint density at radius 3 is 2.43 bits per heavy atom. The first-order valence-electron chi connectivity index (χ1n) is 9.54. The summed E-state index contributed by atoms with van der Waals surface area (Å²) in [6.45, 7) is 1.27. The van der Waals surface area contributed by atoms with Gasteiger partial charge in [-0.25, -0.2) is 4.98 Å². The summed E-state index contributed by atoms with van der Waals surface area (Å²) in [5, 5.41) is 16.7. The van der Waals surface area contributed by atoms with E-state index in [0.29, 0.717) is 17.4 Å². The third kappa shape index (κ3) is 7.76. The molecule has 5 nitrogen and oxygen atoms in total. The van der Waals surface area contributed by atoms with Gasteiger partial charge in [0.1, 0.15) is 5.15 Å². The minimum Gasteiger partial charge on any atom is -0.387 e. The number of aliphatic hydroxyl groups is 1. The Hall–Kier alpha value is -2.44. The van der Waals surface area contributed by atoms with Crippen LogP contribution in [0.3, 0.4) is 0 Å². The molecule has 3 rings (SSSR count). The van der Waals surface area contributed by atoms with Gasteiger partial charge in [0.05, 0.1) is 18.2 Å². The Morgan fingerprint density at radius 1 is 1.00 bits per heavy atom. The number of carbonyl (C=O) groups is 1. The van der Waals surface area contributed by atoms with Crippen LogP contribution < -0.4 is 10.6 Å². The number of rotatable bonds is 9. The van der Waals surface area contributed by atoms with E-state index < -0.39 is 6.10 Å². The highest BCUT2D eigenvalue weighted by atomic mass is 35.5. The Bertz CT molecular complexity index is 921. The molecule has 0 bridgehead atoms. The minimum atomic E-state index is -0.511. The molecule has 158 valence electrons. The van der Waals surface area contributed by atoms with E-state index in [4.69, 9.17) is 11.6 Å². The number of anilines is 1. The van der Waals surface area contributed by atoms with Gasteiger partial charge in [0.15, 0.2) is 0 Å². The number of benzene rings is 2. The Kier molecular flexibility index (Phi) is 9.77. The Morgan fingerprint density at radius 2 is 1.73 bits per heavy atom. The number of carbonyl (C=O) groups excluding carboxylic acids is 1. The largest absolute Gasteiger partial charge is 0.387 e. The first kappa shape index (κ1) is 23.8. The van der Waals surface area contributed by atoms with E-state index in [-0.39, 0.29) is 24.7 Å². The van der Waals surface area contributed by atoms with E-state index in [1.807, 2.05) is 54.6 Å². The molecular formula is C23H25Cl2N3O2. The summed E-state index contributed by atoms with van der Waals surface area (Å²) in [4.78, 5) is 16.3. The second-order valence-corrected chi connectivity index (χ2v) is 7.14. The lowest BCUT2D eigenvalue weighted by molar-refractivity contribution is -0.115. The molecular weight excluding hydrogens is 421 g/mol. The van der Waals surface area contributed by atoms with Crippen molar-refractivity contribution in [1.82, 2.24) is 10.3 Å². The van der Waals surface area contributed by atoms with Gasteiger partial charge in [-0.2, -0.15) is 0 Å². The molecule has 0 saturated heterocycles. The van der Waals surface area contributed by atoms with Crippen molar-refractivity contribution in [1.29, 1.82) is 0 Å². The molecule has 2 aromatic carbocycles. The van der Waals surface area contributed by atoms with E-state index in [9.17, 15) is 9.90 Å². The van der Waals surface area contributed by atoms with Gasteiger partial charge in [0, 0.05) is 12.2 Å². The maximum Gasteiger partial charge on any atom is 0.230 e. The average molecular weight is 446 g/mol. The van der Waals surface area contributed by atoms with E-state index in [1.54, 1.807) is 18.2 Å². The Labute approximate surface area is 187 Å². The number of pyridine rings is 1. The molecule has 0 fully saturated rings. The first-order chi connectivity index (χ1) is 14.1. The molecule has 30 heavy (non-hydrogen) atoms. The lowest BCUT2D eigenvalue weighted by Crippen LogP contribution is -2.23. The van der Waals surface area contributed by atoms with Crippen molar-refractivity contribution in [2.24, 2.45) is 0 Å². The summed E-state index contributed by atoms with van der Waals surface area (Å²) in [6.07, 6.45) is 0.501. The van der Waals surface area contributed by atoms with Gasteiger partial charge in [-0.05, 0) is 48.4 Å². The second kappa shape index (κ2) is 12.3. The zero-order valence-electron chi connectivity index (χ0n) is 16.4. The molecule has 1 heterocycles. The smallest absolute Gasteiger partial charge is 0.230 e. The molecule has 1 aromatic heterocycles. The van der Waals surface area contributed by atoms with Crippen molar-refractivity contribution in [3.63, 3.8) is 0 Å². The van der Waals surface area contributed by atoms with Crippen LogP contribution in [0.25, 0.3) is 0 Å². The summed E-state index contributed by atoms with van der Waals surface area (Å²) < 4.78 is 0. The molecule has 1 atom stereocenters. The average Bonchev–Trinajstić information content (AvgIpc) is 2.73. The molecule has 0 radical (unpaired) electrons.